The average molecular weight is 561 g/mol. The number of rotatable bonds is 8. The van der Waals surface area contributed by atoms with E-state index in [1.54, 1.807) is 34.6 Å². The molecule has 2 amide bonds. The minimum atomic E-state index is -1.35. The Bertz CT molecular complexity index is 1410. The van der Waals surface area contributed by atoms with E-state index in [2.05, 4.69) is 5.32 Å². The number of hydrogen-bond acceptors (Lipinski definition) is 11. The summed E-state index contributed by atoms with van der Waals surface area (Å²) in [5.74, 6) is -1.76. The maximum atomic E-state index is 12.6. The van der Waals surface area contributed by atoms with Crippen LogP contribution in [0.3, 0.4) is 0 Å². The third-order valence-electron chi connectivity index (χ3n) is 6.11. The summed E-state index contributed by atoms with van der Waals surface area (Å²) in [4.78, 5) is 48.7. The molecular weight excluding hydrogens is 528 g/mol. The van der Waals surface area contributed by atoms with Crippen LogP contribution in [-0.4, -0.2) is 60.4 Å². The third-order valence-corrected chi connectivity index (χ3v) is 6.11. The fourth-order valence-corrected chi connectivity index (χ4v) is 4.41. The van der Waals surface area contributed by atoms with Crippen LogP contribution in [0.2, 0.25) is 0 Å². The van der Waals surface area contributed by atoms with Gasteiger partial charge in [0.05, 0.1) is 11.0 Å². The number of hydrogen-bond donors (Lipinski definition) is 3. The number of anilines is 1. The standard InChI is InChI=1S/C27H32N2O11/c1-7-9-16(30)29-18-19(32)14-11-12-15(13(3)20(14)38-24(18)33)36-25-22(37-17(31)10-8-2)21(39-26(28)34)23(35-6)27(4,5)40-25/h7-12,21-23,25,32H,1-6H3,(H2,28,34)(H,29,30)/b9-7+,10-8+/t21-,22+,23-,25+/m0/s1. The quantitative estimate of drug-likeness (QED) is 0.245. The zero-order valence-electron chi connectivity index (χ0n) is 22.9. The maximum absolute atomic E-state index is 12.6. The van der Waals surface area contributed by atoms with Crippen LogP contribution >= 0.6 is 0 Å². The van der Waals surface area contributed by atoms with Crippen molar-refractivity contribution >= 4 is 34.6 Å². The van der Waals surface area contributed by atoms with Gasteiger partial charge in [-0.25, -0.2) is 14.4 Å². The first-order valence-electron chi connectivity index (χ1n) is 12.2. The topological polar surface area (TPSA) is 186 Å². The Morgan fingerprint density at radius 1 is 1.10 bits per heavy atom. The first kappa shape index (κ1) is 30.2. The van der Waals surface area contributed by atoms with E-state index in [1.165, 1.54) is 37.5 Å². The number of allylic oxidation sites excluding steroid dienone is 2. The fourth-order valence-electron chi connectivity index (χ4n) is 4.41. The number of methoxy groups -OCH3 is 1. The molecule has 1 aliphatic rings. The summed E-state index contributed by atoms with van der Waals surface area (Å²) >= 11 is 0. The molecule has 1 fully saturated rings. The highest BCUT2D eigenvalue weighted by Gasteiger charge is 2.55. The number of benzene rings is 1. The highest BCUT2D eigenvalue weighted by atomic mass is 16.7. The molecule has 2 aromatic rings. The second-order valence-corrected chi connectivity index (χ2v) is 9.33. The Kier molecular flexibility index (Phi) is 9.22. The molecule has 4 N–H and O–H groups in total. The number of primary amides is 1. The predicted molar refractivity (Wildman–Crippen MR) is 142 cm³/mol. The summed E-state index contributed by atoms with van der Waals surface area (Å²) < 4.78 is 34.0. The predicted octanol–water partition coefficient (Wildman–Crippen LogP) is 2.80. The summed E-state index contributed by atoms with van der Waals surface area (Å²) in [6, 6.07) is 2.87. The van der Waals surface area contributed by atoms with Gasteiger partial charge >= 0.3 is 17.7 Å². The van der Waals surface area contributed by atoms with Crippen LogP contribution in [0.25, 0.3) is 11.0 Å². The Morgan fingerprint density at radius 3 is 2.38 bits per heavy atom. The van der Waals surface area contributed by atoms with Crippen molar-refractivity contribution in [2.24, 2.45) is 5.73 Å². The number of amides is 2. The lowest BCUT2D eigenvalue weighted by Crippen LogP contribution is -2.66. The summed E-state index contributed by atoms with van der Waals surface area (Å²) in [6.45, 7) is 8.11. The highest BCUT2D eigenvalue weighted by molar-refractivity contribution is 6.02. The molecule has 13 heteroatoms. The number of nitrogens with one attached hydrogen (secondary N) is 1. The molecule has 1 saturated heterocycles. The minimum Gasteiger partial charge on any atom is -0.505 e. The van der Waals surface area contributed by atoms with Crippen molar-refractivity contribution in [2.75, 3.05) is 12.4 Å². The number of aryl methyl sites for hydroxylation is 1. The molecule has 0 radical (unpaired) electrons. The van der Waals surface area contributed by atoms with E-state index in [1.807, 2.05) is 0 Å². The van der Waals surface area contributed by atoms with Crippen molar-refractivity contribution in [1.29, 1.82) is 0 Å². The molecule has 0 saturated carbocycles. The van der Waals surface area contributed by atoms with Crippen molar-refractivity contribution in [3.63, 3.8) is 0 Å². The molecule has 1 aromatic carbocycles. The van der Waals surface area contributed by atoms with Gasteiger partial charge in [0.25, 0.3) is 0 Å². The van der Waals surface area contributed by atoms with E-state index in [-0.39, 0.29) is 22.3 Å². The van der Waals surface area contributed by atoms with Gasteiger partial charge in [-0.15, -0.1) is 0 Å². The van der Waals surface area contributed by atoms with Crippen molar-refractivity contribution in [2.45, 2.75) is 64.8 Å². The lowest BCUT2D eigenvalue weighted by atomic mass is 9.89. The molecule has 1 aliphatic heterocycles. The van der Waals surface area contributed by atoms with E-state index in [0.29, 0.717) is 0 Å². The Balaban J connectivity index is 2.07. The molecule has 0 unspecified atom stereocenters. The number of carbonyl (C=O) groups is 3. The summed E-state index contributed by atoms with van der Waals surface area (Å²) in [7, 11) is 1.37. The Morgan fingerprint density at radius 2 is 1.77 bits per heavy atom. The second-order valence-electron chi connectivity index (χ2n) is 9.33. The van der Waals surface area contributed by atoms with Gasteiger partial charge in [0, 0.05) is 18.7 Å². The first-order chi connectivity index (χ1) is 18.8. The van der Waals surface area contributed by atoms with E-state index in [4.69, 9.17) is 33.8 Å². The molecular formula is C27H32N2O11. The summed E-state index contributed by atoms with van der Waals surface area (Å²) in [6.07, 6.45) is -0.694. The largest absolute Gasteiger partial charge is 0.505 e. The van der Waals surface area contributed by atoms with E-state index < -0.39 is 65.2 Å². The van der Waals surface area contributed by atoms with Crippen molar-refractivity contribution < 1.29 is 47.6 Å². The van der Waals surface area contributed by atoms with Crippen molar-refractivity contribution in [1.82, 2.24) is 0 Å². The first-order valence-corrected chi connectivity index (χ1v) is 12.2. The summed E-state index contributed by atoms with van der Waals surface area (Å²) in [5.41, 5.74) is 3.01. The minimum absolute atomic E-state index is 0.0266. The van der Waals surface area contributed by atoms with Crippen molar-refractivity contribution in [3.8, 4) is 11.5 Å². The van der Waals surface area contributed by atoms with Gasteiger partial charge in [0.15, 0.2) is 17.5 Å². The SMILES string of the molecule is C/C=C/C(=O)Nc1c(O)c2ccc(O[C@@H]3OC(C)(C)[C@@H](OC)[C@@H](OC(N)=O)[C@H]3OC(=O)/C=C/C)c(C)c2oc1=O. The van der Waals surface area contributed by atoms with Gasteiger partial charge in [-0.05, 0) is 52.8 Å². The molecule has 0 bridgehead atoms. The molecule has 1 aromatic heterocycles. The smallest absolute Gasteiger partial charge is 0.405 e. The Labute approximate surface area is 229 Å². The van der Waals surface area contributed by atoms with Crippen LogP contribution in [0.15, 0.2) is 45.6 Å². The zero-order chi connectivity index (χ0) is 29.8. The summed E-state index contributed by atoms with van der Waals surface area (Å²) in [5, 5.41) is 13.1. The van der Waals surface area contributed by atoms with Crippen LogP contribution in [0.5, 0.6) is 11.5 Å². The molecule has 0 spiro atoms. The highest BCUT2D eigenvalue weighted by Crippen LogP contribution is 2.39. The van der Waals surface area contributed by atoms with Gasteiger partial charge in [-0.3, -0.25) is 4.79 Å². The molecule has 216 valence electrons. The number of carbonyl (C=O) groups excluding carboxylic acids is 3. The van der Waals surface area contributed by atoms with Crippen LogP contribution in [0.1, 0.15) is 33.3 Å². The number of aromatic hydroxyl groups is 1. The van der Waals surface area contributed by atoms with E-state index in [9.17, 15) is 24.3 Å². The molecule has 0 aliphatic carbocycles. The molecule has 3 rings (SSSR count). The van der Waals surface area contributed by atoms with Crippen LogP contribution in [-0.2, 0) is 28.5 Å². The normalized spacial score (nSPS) is 22.4. The van der Waals surface area contributed by atoms with E-state index >= 15 is 0 Å². The van der Waals surface area contributed by atoms with Gasteiger partial charge < -0.3 is 44.3 Å². The van der Waals surface area contributed by atoms with Crippen molar-refractivity contribution in [3.05, 3.63) is 52.4 Å². The fraction of sp³-hybridized carbons (Fsp3) is 0.407. The van der Waals surface area contributed by atoms with Gasteiger partial charge in [-0.1, -0.05) is 12.2 Å². The number of ether oxygens (including phenoxy) is 5. The van der Waals surface area contributed by atoms with Gasteiger partial charge in [0.2, 0.25) is 18.3 Å². The lowest BCUT2D eigenvalue weighted by Gasteiger charge is -2.48. The van der Waals surface area contributed by atoms with Crippen LogP contribution in [0, 0.1) is 6.92 Å². The average Bonchev–Trinajstić information content (AvgIpc) is 2.86. The maximum Gasteiger partial charge on any atom is 0.405 e. The lowest BCUT2D eigenvalue weighted by molar-refractivity contribution is -0.306. The van der Waals surface area contributed by atoms with Gasteiger partial charge in [0.1, 0.15) is 17.4 Å². The zero-order valence-corrected chi connectivity index (χ0v) is 22.9. The second kappa shape index (κ2) is 12.2. The van der Waals surface area contributed by atoms with Gasteiger partial charge in [-0.2, -0.15) is 0 Å². The van der Waals surface area contributed by atoms with Crippen LogP contribution in [0.4, 0.5) is 10.5 Å². The van der Waals surface area contributed by atoms with E-state index in [0.717, 1.165) is 6.08 Å². The molecule has 2 heterocycles. The number of esters is 1. The Hall–Kier alpha value is -4.36. The number of fused-ring (bicyclic) bond motifs is 1. The number of nitrogens with two attached hydrogens (primary N) is 1. The monoisotopic (exact) mass is 560 g/mol. The van der Waals surface area contributed by atoms with Crippen LogP contribution < -0.4 is 21.4 Å². The molecule has 4 atom stereocenters. The molecule has 40 heavy (non-hydrogen) atoms. The third kappa shape index (κ3) is 6.26. The molecule has 13 nitrogen and oxygen atoms in total.